The van der Waals surface area contributed by atoms with Crippen molar-refractivity contribution >= 4 is 22.5 Å². The molecule has 1 amide bonds. The van der Waals surface area contributed by atoms with E-state index < -0.39 is 0 Å². The summed E-state index contributed by atoms with van der Waals surface area (Å²) in [6.07, 6.45) is 7.58. The summed E-state index contributed by atoms with van der Waals surface area (Å²) in [6.45, 7) is 4.74. The van der Waals surface area contributed by atoms with E-state index >= 15 is 0 Å². The van der Waals surface area contributed by atoms with E-state index in [4.69, 9.17) is 4.98 Å². The van der Waals surface area contributed by atoms with E-state index in [-0.39, 0.29) is 18.0 Å². The van der Waals surface area contributed by atoms with Gasteiger partial charge in [0.15, 0.2) is 0 Å². The maximum absolute atomic E-state index is 12.5. The van der Waals surface area contributed by atoms with Crippen LogP contribution < -0.4 is 15.5 Å². The van der Waals surface area contributed by atoms with Crippen LogP contribution in [0.3, 0.4) is 0 Å². The fraction of sp³-hybridized carbons (Fsp3) is 0.357. The van der Waals surface area contributed by atoms with Crippen molar-refractivity contribution < 1.29 is 4.79 Å². The molecular formula is C28H31N7O. The van der Waals surface area contributed by atoms with E-state index in [1.54, 1.807) is 6.33 Å². The van der Waals surface area contributed by atoms with Crippen LogP contribution in [-0.4, -0.2) is 57.6 Å². The van der Waals surface area contributed by atoms with Gasteiger partial charge in [-0.15, -0.1) is 0 Å². The number of hydrogen-bond acceptors (Lipinski definition) is 6. The molecule has 2 aliphatic rings. The number of aromatic amines is 1. The summed E-state index contributed by atoms with van der Waals surface area (Å²) in [4.78, 5) is 32.1. The Morgan fingerprint density at radius 3 is 2.78 bits per heavy atom. The molecule has 2 saturated heterocycles. The SMILES string of the molecule is Cc1cccc(-c2[nH]cnc2-c2ccc3ncc(N4CCC(NC(=O)[C@@H]5CCCN5)CC4)cc3c2)n1. The lowest BCUT2D eigenvalue weighted by Crippen LogP contribution is -2.49. The Labute approximate surface area is 210 Å². The number of aryl methyl sites for hydroxylation is 1. The van der Waals surface area contributed by atoms with Gasteiger partial charge >= 0.3 is 0 Å². The highest BCUT2D eigenvalue weighted by molar-refractivity contribution is 5.88. The first-order valence-corrected chi connectivity index (χ1v) is 12.8. The van der Waals surface area contributed by atoms with E-state index in [9.17, 15) is 4.79 Å². The van der Waals surface area contributed by atoms with Crippen LogP contribution in [0.5, 0.6) is 0 Å². The lowest BCUT2D eigenvalue weighted by atomic mass is 10.0. The molecule has 0 aliphatic carbocycles. The van der Waals surface area contributed by atoms with E-state index in [2.05, 4.69) is 54.8 Å². The third-order valence-electron chi connectivity index (χ3n) is 7.31. The van der Waals surface area contributed by atoms with Crippen molar-refractivity contribution in [1.29, 1.82) is 0 Å². The minimum Gasteiger partial charge on any atom is -0.370 e. The number of hydrogen-bond donors (Lipinski definition) is 3. The number of imidazole rings is 1. The molecule has 8 nitrogen and oxygen atoms in total. The van der Waals surface area contributed by atoms with E-state index in [1.165, 1.54) is 0 Å². The van der Waals surface area contributed by atoms with Gasteiger partial charge in [-0.2, -0.15) is 0 Å². The highest BCUT2D eigenvalue weighted by Gasteiger charge is 2.26. The number of nitrogens with one attached hydrogen (secondary N) is 3. The molecule has 2 fully saturated rings. The molecule has 3 aromatic heterocycles. The molecule has 0 bridgehead atoms. The highest BCUT2D eigenvalue weighted by Crippen LogP contribution is 2.31. The topological polar surface area (TPSA) is 98.8 Å². The Hall–Kier alpha value is -3.78. The number of carbonyl (C=O) groups is 1. The molecule has 6 rings (SSSR count). The average Bonchev–Trinajstić information content (AvgIpc) is 3.61. The van der Waals surface area contributed by atoms with Gasteiger partial charge in [-0.1, -0.05) is 12.1 Å². The number of rotatable bonds is 5. The Morgan fingerprint density at radius 2 is 1.97 bits per heavy atom. The molecule has 5 heterocycles. The number of amides is 1. The first kappa shape index (κ1) is 22.7. The van der Waals surface area contributed by atoms with Crippen LogP contribution in [0, 0.1) is 6.92 Å². The van der Waals surface area contributed by atoms with Crippen molar-refractivity contribution in [2.75, 3.05) is 24.5 Å². The van der Waals surface area contributed by atoms with Crippen molar-refractivity contribution in [3.63, 3.8) is 0 Å². The Morgan fingerprint density at radius 1 is 1.08 bits per heavy atom. The molecule has 8 heteroatoms. The van der Waals surface area contributed by atoms with Crippen LogP contribution in [0.15, 0.2) is 55.0 Å². The molecule has 0 radical (unpaired) electrons. The quantitative estimate of drug-likeness (QED) is 0.401. The lowest BCUT2D eigenvalue weighted by molar-refractivity contribution is -0.123. The molecular weight excluding hydrogens is 450 g/mol. The first-order valence-electron chi connectivity index (χ1n) is 12.8. The molecule has 0 saturated carbocycles. The van der Waals surface area contributed by atoms with Crippen molar-refractivity contribution in [3.05, 3.63) is 60.7 Å². The number of H-pyrrole nitrogens is 1. The maximum Gasteiger partial charge on any atom is 0.237 e. The molecule has 0 spiro atoms. The summed E-state index contributed by atoms with van der Waals surface area (Å²) in [6, 6.07) is 14.7. The number of nitrogens with zero attached hydrogens (tertiary/aromatic N) is 4. The molecule has 1 aromatic carbocycles. The van der Waals surface area contributed by atoms with Crippen molar-refractivity contribution in [1.82, 2.24) is 30.6 Å². The molecule has 36 heavy (non-hydrogen) atoms. The minimum atomic E-state index is -0.0151. The van der Waals surface area contributed by atoms with Crippen LogP contribution in [-0.2, 0) is 4.79 Å². The van der Waals surface area contributed by atoms with Crippen LogP contribution in [0.4, 0.5) is 5.69 Å². The summed E-state index contributed by atoms with van der Waals surface area (Å²) in [7, 11) is 0. The number of benzene rings is 1. The third-order valence-corrected chi connectivity index (χ3v) is 7.31. The second kappa shape index (κ2) is 9.70. The maximum atomic E-state index is 12.5. The monoisotopic (exact) mass is 481 g/mol. The van der Waals surface area contributed by atoms with Crippen molar-refractivity contribution in [3.8, 4) is 22.6 Å². The Kier molecular flexibility index (Phi) is 6.11. The fourth-order valence-corrected chi connectivity index (χ4v) is 5.32. The van der Waals surface area contributed by atoms with Gasteiger partial charge in [0.25, 0.3) is 0 Å². The predicted molar refractivity (Wildman–Crippen MR) is 142 cm³/mol. The lowest BCUT2D eigenvalue weighted by Gasteiger charge is -2.34. The summed E-state index contributed by atoms with van der Waals surface area (Å²) >= 11 is 0. The minimum absolute atomic E-state index is 0.0151. The first-order chi connectivity index (χ1) is 17.6. The molecule has 0 unspecified atom stereocenters. The van der Waals surface area contributed by atoms with Gasteiger partial charge < -0.3 is 20.5 Å². The normalized spacial score (nSPS) is 18.6. The van der Waals surface area contributed by atoms with E-state index in [0.29, 0.717) is 0 Å². The number of pyridine rings is 2. The number of anilines is 1. The molecule has 184 valence electrons. The molecule has 1 atom stereocenters. The number of fused-ring (bicyclic) bond motifs is 1. The largest absolute Gasteiger partial charge is 0.370 e. The zero-order chi connectivity index (χ0) is 24.5. The smallest absolute Gasteiger partial charge is 0.237 e. The van der Waals surface area contributed by atoms with E-state index in [0.717, 1.165) is 90.2 Å². The summed E-state index contributed by atoms with van der Waals surface area (Å²) in [5.41, 5.74) is 6.76. The van der Waals surface area contributed by atoms with Gasteiger partial charge in [0.1, 0.15) is 0 Å². The molecule has 2 aliphatic heterocycles. The van der Waals surface area contributed by atoms with Crippen LogP contribution in [0.2, 0.25) is 0 Å². The zero-order valence-corrected chi connectivity index (χ0v) is 20.5. The van der Waals surface area contributed by atoms with Crippen LogP contribution in [0.1, 0.15) is 31.4 Å². The van der Waals surface area contributed by atoms with Gasteiger partial charge in [0, 0.05) is 35.8 Å². The Balaban J connectivity index is 1.19. The van der Waals surface area contributed by atoms with Crippen LogP contribution >= 0.6 is 0 Å². The second-order valence-electron chi connectivity index (χ2n) is 9.81. The van der Waals surface area contributed by atoms with Gasteiger partial charge in [-0.25, -0.2) is 4.98 Å². The molecule has 4 aromatic rings. The Bertz CT molecular complexity index is 1380. The summed E-state index contributed by atoms with van der Waals surface area (Å²) in [5, 5.41) is 7.62. The van der Waals surface area contributed by atoms with E-state index in [1.807, 2.05) is 31.3 Å². The van der Waals surface area contributed by atoms with Gasteiger partial charge in [-0.05, 0) is 69.5 Å². The fourth-order valence-electron chi connectivity index (χ4n) is 5.32. The van der Waals surface area contributed by atoms with Crippen molar-refractivity contribution in [2.24, 2.45) is 0 Å². The van der Waals surface area contributed by atoms with Gasteiger partial charge in [-0.3, -0.25) is 14.8 Å². The summed E-state index contributed by atoms with van der Waals surface area (Å²) < 4.78 is 0. The zero-order valence-electron chi connectivity index (χ0n) is 20.5. The molecule has 3 N–H and O–H groups in total. The number of aromatic nitrogens is 4. The average molecular weight is 482 g/mol. The van der Waals surface area contributed by atoms with Gasteiger partial charge in [0.2, 0.25) is 5.91 Å². The van der Waals surface area contributed by atoms with Crippen molar-refractivity contribution in [2.45, 2.75) is 44.7 Å². The second-order valence-corrected chi connectivity index (χ2v) is 9.81. The number of piperidine rings is 1. The van der Waals surface area contributed by atoms with Crippen LogP contribution in [0.25, 0.3) is 33.5 Å². The highest BCUT2D eigenvalue weighted by atomic mass is 16.2. The summed E-state index contributed by atoms with van der Waals surface area (Å²) in [5.74, 6) is 0.157. The van der Waals surface area contributed by atoms with Gasteiger partial charge in [0.05, 0.1) is 46.9 Å². The number of carbonyl (C=O) groups excluding carboxylic acids is 1. The predicted octanol–water partition coefficient (Wildman–Crippen LogP) is 3.83. The third kappa shape index (κ3) is 4.56. The standard InChI is InChI=1S/C28H31N7O/c1-18-4-2-5-24(33-18)27-26(31-17-32-27)19-7-8-23-20(14-19)15-22(16-30-23)35-12-9-21(10-13-35)34-28(36)25-6-3-11-29-25/h2,4-5,7-8,14-17,21,25,29H,3,6,9-13H2,1H3,(H,31,32)(H,34,36)/t25-/m0/s1.